The summed E-state index contributed by atoms with van der Waals surface area (Å²) in [5, 5.41) is 2.85. The molecule has 2 amide bonds. The van der Waals surface area contributed by atoms with E-state index >= 15 is 0 Å². The van der Waals surface area contributed by atoms with Crippen LogP contribution in [0, 0.1) is 13.8 Å². The number of para-hydroxylation sites is 1. The summed E-state index contributed by atoms with van der Waals surface area (Å²) in [6.45, 7) is 6.85. The molecule has 0 unspecified atom stereocenters. The summed E-state index contributed by atoms with van der Waals surface area (Å²) in [4.78, 5) is 26.8. The summed E-state index contributed by atoms with van der Waals surface area (Å²) in [5.74, 6) is 1.72. The van der Waals surface area contributed by atoms with Gasteiger partial charge in [0.2, 0.25) is 0 Å². The fourth-order valence-corrected chi connectivity index (χ4v) is 4.12. The minimum absolute atomic E-state index is 0.0122. The van der Waals surface area contributed by atoms with Gasteiger partial charge in [-0.3, -0.25) is 9.59 Å². The van der Waals surface area contributed by atoms with Gasteiger partial charge >= 0.3 is 0 Å². The molecule has 1 aliphatic heterocycles. The van der Waals surface area contributed by atoms with Crippen LogP contribution in [0.25, 0.3) is 0 Å². The van der Waals surface area contributed by atoms with Gasteiger partial charge in [-0.15, -0.1) is 0 Å². The predicted octanol–water partition coefficient (Wildman–Crippen LogP) is 5.08. The molecule has 188 valence electrons. The molecule has 1 heterocycles. The first-order valence-electron chi connectivity index (χ1n) is 12.2. The van der Waals surface area contributed by atoms with Crippen LogP contribution < -0.4 is 24.4 Å². The number of carbonyl (C=O) groups excluding carboxylic acids is 2. The number of aryl methyl sites for hydroxylation is 3. The lowest BCUT2D eigenvalue weighted by Gasteiger charge is -2.30. The molecular weight excluding hydrogens is 456 g/mol. The fourth-order valence-electron chi connectivity index (χ4n) is 4.12. The van der Waals surface area contributed by atoms with Crippen LogP contribution >= 0.6 is 0 Å². The molecule has 36 heavy (non-hydrogen) atoms. The van der Waals surface area contributed by atoms with Crippen molar-refractivity contribution in [2.75, 3.05) is 36.6 Å². The van der Waals surface area contributed by atoms with E-state index in [-0.39, 0.29) is 25.0 Å². The molecule has 4 rings (SSSR count). The van der Waals surface area contributed by atoms with Gasteiger partial charge < -0.3 is 24.4 Å². The van der Waals surface area contributed by atoms with Crippen LogP contribution in [0.4, 0.5) is 11.4 Å². The molecule has 0 saturated carbocycles. The van der Waals surface area contributed by atoms with E-state index in [1.807, 2.05) is 44.2 Å². The molecular formula is C29H32N2O5. The highest BCUT2D eigenvalue weighted by molar-refractivity contribution is 5.99. The van der Waals surface area contributed by atoms with Crippen LogP contribution in [0.1, 0.15) is 30.0 Å². The summed E-state index contributed by atoms with van der Waals surface area (Å²) < 4.78 is 17.2. The number of anilines is 2. The van der Waals surface area contributed by atoms with Crippen LogP contribution in [0.2, 0.25) is 0 Å². The first-order valence-corrected chi connectivity index (χ1v) is 12.2. The highest BCUT2D eigenvalue weighted by Gasteiger charge is 2.25. The minimum atomic E-state index is -0.283. The number of benzene rings is 3. The largest absolute Gasteiger partial charge is 0.494 e. The number of carbonyl (C=O) groups is 2. The van der Waals surface area contributed by atoms with Crippen molar-refractivity contribution in [2.45, 2.75) is 33.6 Å². The maximum Gasteiger partial charge on any atom is 0.265 e. The second-order valence-corrected chi connectivity index (χ2v) is 8.77. The quantitative estimate of drug-likeness (QED) is 0.403. The lowest BCUT2D eigenvalue weighted by molar-refractivity contribution is -0.121. The Morgan fingerprint density at radius 3 is 2.50 bits per heavy atom. The SMILES string of the molecule is CCc1ccc(OCCCN2C(=O)COc3ccc(NC(=O)COc4c(C)cccc4C)cc32)cc1. The van der Waals surface area contributed by atoms with Crippen LogP contribution in [-0.4, -0.2) is 38.2 Å². The van der Waals surface area contributed by atoms with Gasteiger partial charge in [-0.05, 0) is 73.7 Å². The maximum atomic E-state index is 12.6. The lowest BCUT2D eigenvalue weighted by Crippen LogP contribution is -2.39. The Balaban J connectivity index is 1.34. The van der Waals surface area contributed by atoms with Crippen molar-refractivity contribution in [3.05, 3.63) is 77.4 Å². The van der Waals surface area contributed by atoms with Crippen LogP contribution in [0.5, 0.6) is 17.2 Å². The third kappa shape index (κ3) is 6.16. The zero-order chi connectivity index (χ0) is 25.5. The van der Waals surface area contributed by atoms with E-state index in [1.165, 1.54) is 5.56 Å². The van der Waals surface area contributed by atoms with Gasteiger partial charge in [0.15, 0.2) is 13.2 Å². The number of ether oxygens (including phenoxy) is 3. The highest BCUT2D eigenvalue weighted by atomic mass is 16.5. The number of nitrogens with zero attached hydrogens (tertiary/aromatic N) is 1. The third-order valence-corrected chi connectivity index (χ3v) is 6.07. The number of nitrogens with one attached hydrogen (secondary N) is 1. The predicted molar refractivity (Wildman–Crippen MR) is 140 cm³/mol. The molecule has 7 heteroatoms. The zero-order valence-electron chi connectivity index (χ0n) is 21.0. The standard InChI is InChI=1S/C29H32N2O5/c1-4-22-9-12-24(13-10-22)34-16-6-15-31-25-17-23(11-14-26(25)35-19-28(31)33)30-27(32)18-36-29-20(2)7-5-8-21(29)3/h5,7-14,17H,4,6,15-16,18-19H2,1-3H3,(H,30,32). The Morgan fingerprint density at radius 1 is 1.03 bits per heavy atom. The van der Waals surface area contributed by atoms with Crippen molar-refractivity contribution in [2.24, 2.45) is 0 Å². The molecule has 7 nitrogen and oxygen atoms in total. The second kappa shape index (κ2) is 11.6. The van der Waals surface area contributed by atoms with Gasteiger partial charge in [0.05, 0.1) is 12.3 Å². The topological polar surface area (TPSA) is 77.1 Å². The highest BCUT2D eigenvalue weighted by Crippen LogP contribution is 2.34. The average molecular weight is 489 g/mol. The van der Waals surface area contributed by atoms with E-state index in [0.717, 1.165) is 23.3 Å². The molecule has 1 N–H and O–H groups in total. The summed E-state index contributed by atoms with van der Waals surface area (Å²) in [6, 6.07) is 19.2. The molecule has 3 aromatic carbocycles. The molecule has 1 aliphatic rings. The average Bonchev–Trinajstić information content (AvgIpc) is 2.87. The maximum absolute atomic E-state index is 12.6. The summed E-state index contributed by atoms with van der Waals surface area (Å²) in [7, 11) is 0. The summed E-state index contributed by atoms with van der Waals surface area (Å²) >= 11 is 0. The van der Waals surface area contributed by atoms with E-state index in [1.54, 1.807) is 23.1 Å². The first-order chi connectivity index (χ1) is 17.4. The van der Waals surface area contributed by atoms with Crippen molar-refractivity contribution >= 4 is 23.2 Å². The van der Waals surface area contributed by atoms with Crippen molar-refractivity contribution in [3.63, 3.8) is 0 Å². The Bertz CT molecular complexity index is 1200. The van der Waals surface area contributed by atoms with E-state index in [4.69, 9.17) is 14.2 Å². The molecule has 0 aliphatic carbocycles. The minimum Gasteiger partial charge on any atom is -0.494 e. The molecule has 0 fully saturated rings. The Kier molecular flexibility index (Phi) is 8.10. The van der Waals surface area contributed by atoms with E-state index in [0.29, 0.717) is 42.4 Å². The number of rotatable bonds is 10. The van der Waals surface area contributed by atoms with Gasteiger partial charge in [-0.25, -0.2) is 0 Å². The molecule has 0 aromatic heterocycles. The van der Waals surface area contributed by atoms with Crippen molar-refractivity contribution < 1.29 is 23.8 Å². The van der Waals surface area contributed by atoms with Crippen LogP contribution in [0.3, 0.4) is 0 Å². The Morgan fingerprint density at radius 2 is 1.78 bits per heavy atom. The van der Waals surface area contributed by atoms with E-state index in [9.17, 15) is 9.59 Å². The van der Waals surface area contributed by atoms with E-state index in [2.05, 4.69) is 24.4 Å². The van der Waals surface area contributed by atoms with Crippen molar-refractivity contribution in [3.8, 4) is 17.2 Å². The smallest absolute Gasteiger partial charge is 0.265 e. The van der Waals surface area contributed by atoms with Gasteiger partial charge in [-0.2, -0.15) is 0 Å². The molecule has 0 saturated heterocycles. The van der Waals surface area contributed by atoms with Crippen molar-refractivity contribution in [1.29, 1.82) is 0 Å². The second-order valence-electron chi connectivity index (χ2n) is 8.77. The number of amides is 2. The molecule has 0 spiro atoms. The Hall–Kier alpha value is -4.00. The number of fused-ring (bicyclic) bond motifs is 1. The monoisotopic (exact) mass is 488 g/mol. The van der Waals surface area contributed by atoms with Gasteiger partial charge in [0.25, 0.3) is 11.8 Å². The third-order valence-electron chi connectivity index (χ3n) is 6.07. The fraction of sp³-hybridized carbons (Fsp3) is 0.310. The zero-order valence-corrected chi connectivity index (χ0v) is 21.0. The van der Waals surface area contributed by atoms with Crippen LogP contribution in [0.15, 0.2) is 60.7 Å². The summed E-state index contributed by atoms with van der Waals surface area (Å²) in [5.41, 5.74) is 4.42. The van der Waals surface area contributed by atoms with Crippen molar-refractivity contribution in [1.82, 2.24) is 0 Å². The first kappa shape index (κ1) is 25.1. The number of hydrogen-bond donors (Lipinski definition) is 1. The van der Waals surface area contributed by atoms with E-state index < -0.39 is 0 Å². The van der Waals surface area contributed by atoms with Gasteiger partial charge in [0.1, 0.15) is 17.2 Å². The molecule has 0 bridgehead atoms. The molecule has 0 radical (unpaired) electrons. The number of hydrogen-bond acceptors (Lipinski definition) is 5. The summed E-state index contributed by atoms with van der Waals surface area (Å²) in [6.07, 6.45) is 1.64. The van der Waals surface area contributed by atoms with Crippen LogP contribution in [-0.2, 0) is 16.0 Å². The van der Waals surface area contributed by atoms with Gasteiger partial charge in [-0.1, -0.05) is 37.3 Å². The lowest BCUT2D eigenvalue weighted by atomic mass is 10.1. The molecule has 0 atom stereocenters. The van der Waals surface area contributed by atoms with Gasteiger partial charge in [0, 0.05) is 12.2 Å². The normalized spacial score (nSPS) is 12.5. The molecule has 3 aromatic rings. The Labute approximate surface area is 212 Å².